The lowest BCUT2D eigenvalue weighted by Crippen LogP contribution is -2.31. The quantitative estimate of drug-likeness (QED) is 0.401. The summed E-state index contributed by atoms with van der Waals surface area (Å²) >= 11 is 0. The van der Waals surface area contributed by atoms with Crippen LogP contribution in [0.5, 0.6) is 11.6 Å². The SMILES string of the molecule is CCOc1cccc(-n2c(O)c(C=NCCc3c[nH]c4ccccc34)c(=O)[nH]c2=O)c1. The number of aromatic hydroxyl groups is 1. The number of para-hydroxylation sites is 1. The Morgan fingerprint density at radius 1 is 1.16 bits per heavy atom. The minimum atomic E-state index is -0.743. The molecule has 0 spiro atoms. The molecule has 0 unspecified atom stereocenters. The minimum absolute atomic E-state index is 0.0830. The smallest absolute Gasteiger partial charge is 0.335 e. The molecule has 0 aliphatic carbocycles. The molecule has 2 aromatic heterocycles. The van der Waals surface area contributed by atoms with Crippen LogP contribution < -0.4 is 16.0 Å². The third-order valence-electron chi connectivity index (χ3n) is 4.91. The van der Waals surface area contributed by atoms with Gasteiger partial charge in [0.15, 0.2) is 0 Å². The second-order valence-electron chi connectivity index (χ2n) is 6.91. The van der Waals surface area contributed by atoms with E-state index >= 15 is 0 Å². The molecule has 2 heterocycles. The summed E-state index contributed by atoms with van der Waals surface area (Å²) in [5.41, 5.74) is 1.02. The van der Waals surface area contributed by atoms with E-state index in [9.17, 15) is 14.7 Å². The fraction of sp³-hybridized carbons (Fsp3) is 0.174. The van der Waals surface area contributed by atoms with Crippen molar-refractivity contribution >= 4 is 17.1 Å². The Labute approximate surface area is 177 Å². The number of nitrogens with zero attached hydrogens (tertiary/aromatic N) is 2. The van der Waals surface area contributed by atoms with Gasteiger partial charge >= 0.3 is 5.69 Å². The van der Waals surface area contributed by atoms with E-state index in [1.807, 2.05) is 37.4 Å². The summed E-state index contributed by atoms with van der Waals surface area (Å²) in [4.78, 5) is 34.4. The van der Waals surface area contributed by atoms with Crippen molar-refractivity contribution in [1.82, 2.24) is 14.5 Å². The van der Waals surface area contributed by atoms with Gasteiger partial charge in [-0.15, -0.1) is 0 Å². The highest BCUT2D eigenvalue weighted by Gasteiger charge is 2.14. The van der Waals surface area contributed by atoms with Crippen molar-refractivity contribution in [2.45, 2.75) is 13.3 Å². The van der Waals surface area contributed by atoms with Crippen molar-refractivity contribution in [2.75, 3.05) is 13.2 Å². The average Bonchev–Trinajstić information content (AvgIpc) is 3.16. The summed E-state index contributed by atoms with van der Waals surface area (Å²) < 4.78 is 6.47. The summed E-state index contributed by atoms with van der Waals surface area (Å²) in [7, 11) is 0. The number of hydrogen-bond acceptors (Lipinski definition) is 5. The van der Waals surface area contributed by atoms with Crippen molar-refractivity contribution in [2.24, 2.45) is 4.99 Å². The van der Waals surface area contributed by atoms with Crippen molar-refractivity contribution in [3.8, 4) is 17.3 Å². The van der Waals surface area contributed by atoms with Gasteiger partial charge in [-0.3, -0.25) is 14.8 Å². The number of H-pyrrole nitrogens is 2. The largest absolute Gasteiger partial charge is 0.494 e. The number of nitrogens with one attached hydrogen (secondary N) is 2. The topological polar surface area (TPSA) is 112 Å². The Hall–Kier alpha value is -4.07. The van der Waals surface area contributed by atoms with Crippen molar-refractivity contribution in [3.05, 3.63) is 86.7 Å². The number of fused-ring (bicyclic) bond motifs is 1. The number of hydrogen-bond donors (Lipinski definition) is 3. The molecule has 158 valence electrons. The van der Waals surface area contributed by atoms with Gasteiger partial charge in [0.25, 0.3) is 5.56 Å². The molecule has 0 amide bonds. The highest BCUT2D eigenvalue weighted by atomic mass is 16.5. The number of aromatic nitrogens is 3. The number of rotatable bonds is 7. The van der Waals surface area contributed by atoms with Crippen LogP contribution in [0.4, 0.5) is 0 Å². The van der Waals surface area contributed by atoms with Crippen molar-refractivity contribution in [3.63, 3.8) is 0 Å². The van der Waals surface area contributed by atoms with Gasteiger partial charge in [-0.1, -0.05) is 24.3 Å². The van der Waals surface area contributed by atoms with E-state index in [1.165, 1.54) is 6.21 Å². The van der Waals surface area contributed by atoms with E-state index < -0.39 is 17.1 Å². The molecule has 0 saturated heterocycles. The molecule has 0 aliphatic heterocycles. The van der Waals surface area contributed by atoms with Gasteiger partial charge in [-0.25, -0.2) is 9.36 Å². The van der Waals surface area contributed by atoms with Crippen LogP contribution >= 0.6 is 0 Å². The van der Waals surface area contributed by atoms with E-state index in [0.29, 0.717) is 31.0 Å². The molecule has 31 heavy (non-hydrogen) atoms. The second kappa shape index (κ2) is 8.74. The predicted octanol–water partition coefficient (Wildman–Crippen LogP) is 2.77. The van der Waals surface area contributed by atoms with Gasteiger partial charge < -0.3 is 14.8 Å². The lowest BCUT2D eigenvalue weighted by Gasteiger charge is -2.11. The highest BCUT2D eigenvalue weighted by molar-refractivity contribution is 5.83. The lowest BCUT2D eigenvalue weighted by atomic mass is 10.1. The number of ether oxygens (including phenoxy) is 1. The van der Waals surface area contributed by atoms with Crippen LogP contribution in [-0.4, -0.2) is 39.0 Å². The molecule has 0 fully saturated rings. The first-order valence-electron chi connectivity index (χ1n) is 9.95. The van der Waals surface area contributed by atoms with Crippen molar-refractivity contribution < 1.29 is 9.84 Å². The van der Waals surface area contributed by atoms with E-state index in [4.69, 9.17) is 4.74 Å². The highest BCUT2D eigenvalue weighted by Crippen LogP contribution is 2.20. The Morgan fingerprint density at radius 3 is 2.84 bits per heavy atom. The van der Waals surface area contributed by atoms with Gasteiger partial charge in [-0.2, -0.15) is 0 Å². The standard InChI is InChI=1S/C23H22N4O4/c1-2-31-17-7-5-6-16(12-17)27-22(29)19(21(28)26-23(27)30)14-24-11-10-15-13-25-20-9-4-3-8-18(15)20/h3-9,12-14,25,29H,2,10-11H2,1H3,(H,26,28,30). The molecule has 8 nitrogen and oxygen atoms in total. The Morgan fingerprint density at radius 2 is 2.00 bits per heavy atom. The molecular formula is C23H22N4O4. The zero-order valence-corrected chi connectivity index (χ0v) is 17.0. The van der Waals surface area contributed by atoms with Crippen molar-refractivity contribution in [1.29, 1.82) is 0 Å². The maximum atomic E-state index is 12.4. The van der Waals surface area contributed by atoms with Crippen LogP contribution in [0.25, 0.3) is 16.6 Å². The average molecular weight is 418 g/mol. The maximum absolute atomic E-state index is 12.4. The third kappa shape index (κ3) is 4.13. The Balaban J connectivity index is 1.60. The lowest BCUT2D eigenvalue weighted by molar-refractivity contribution is 0.340. The summed E-state index contributed by atoms with van der Waals surface area (Å²) in [6, 6.07) is 14.7. The Kier molecular flexibility index (Phi) is 5.70. The monoisotopic (exact) mass is 418 g/mol. The summed E-state index contributed by atoms with van der Waals surface area (Å²) in [6.45, 7) is 2.73. The van der Waals surface area contributed by atoms with Crippen LogP contribution in [0.2, 0.25) is 0 Å². The van der Waals surface area contributed by atoms with Crippen LogP contribution in [0.15, 0.2) is 69.3 Å². The van der Waals surface area contributed by atoms with Crippen LogP contribution in [0, 0.1) is 0 Å². The van der Waals surface area contributed by atoms with E-state index in [1.54, 1.807) is 24.3 Å². The molecule has 8 heteroatoms. The fourth-order valence-corrected chi connectivity index (χ4v) is 3.45. The molecule has 0 bridgehead atoms. The summed E-state index contributed by atoms with van der Waals surface area (Å²) in [6.07, 6.45) is 3.90. The zero-order valence-electron chi connectivity index (χ0n) is 17.0. The molecule has 2 aromatic carbocycles. The van der Waals surface area contributed by atoms with Crippen LogP contribution in [-0.2, 0) is 6.42 Å². The molecule has 4 aromatic rings. The molecule has 3 N–H and O–H groups in total. The maximum Gasteiger partial charge on any atom is 0.335 e. The van der Waals surface area contributed by atoms with E-state index in [0.717, 1.165) is 21.0 Å². The van der Waals surface area contributed by atoms with Gasteiger partial charge in [0.05, 0.1) is 12.3 Å². The first-order valence-corrected chi connectivity index (χ1v) is 9.95. The molecule has 0 radical (unpaired) electrons. The minimum Gasteiger partial charge on any atom is -0.494 e. The second-order valence-corrected chi connectivity index (χ2v) is 6.91. The first kappa shape index (κ1) is 20.2. The summed E-state index contributed by atoms with van der Waals surface area (Å²) in [5, 5.41) is 11.8. The van der Waals surface area contributed by atoms with Gasteiger partial charge in [-0.05, 0) is 37.1 Å². The molecule has 0 aliphatic rings. The first-order chi connectivity index (χ1) is 15.1. The third-order valence-corrected chi connectivity index (χ3v) is 4.91. The fourth-order valence-electron chi connectivity index (χ4n) is 3.45. The van der Waals surface area contributed by atoms with Crippen LogP contribution in [0.1, 0.15) is 18.1 Å². The normalized spacial score (nSPS) is 11.4. The number of aromatic amines is 2. The van der Waals surface area contributed by atoms with E-state index in [2.05, 4.69) is 15.0 Å². The predicted molar refractivity (Wildman–Crippen MR) is 120 cm³/mol. The molecule has 0 atom stereocenters. The van der Waals surface area contributed by atoms with Gasteiger partial charge in [0.2, 0.25) is 5.88 Å². The summed E-state index contributed by atoms with van der Waals surface area (Å²) in [5.74, 6) is 0.0738. The van der Waals surface area contributed by atoms with Gasteiger partial charge in [0.1, 0.15) is 11.3 Å². The molecule has 0 saturated carbocycles. The van der Waals surface area contributed by atoms with Crippen LogP contribution in [0.3, 0.4) is 0 Å². The van der Waals surface area contributed by atoms with Gasteiger partial charge in [0, 0.05) is 35.9 Å². The Bertz CT molecular complexity index is 1360. The number of aliphatic imine (C=N–C) groups is 1. The molecule has 4 rings (SSSR count). The number of benzene rings is 2. The van der Waals surface area contributed by atoms with E-state index in [-0.39, 0.29) is 5.56 Å². The molecular weight excluding hydrogens is 396 g/mol. The zero-order chi connectivity index (χ0) is 21.8.